The fourth-order valence-electron chi connectivity index (χ4n) is 7.11. The maximum atomic E-state index is 12.8. The van der Waals surface area contributed by atoms with Gasteiger partial charge in [0.05, 0.1) is 26.4 Å². The van der Waals surface area contributed by atoms with Crippen LogP contribution in [0.4, 0.5) is 0 Å². The van der Waals surface area contributed by atoms with Crippen molar-refractivity contribution in [2.75, 3.05) is 34.5 Å². The molecule has 0 bridgehead atoms. The van der Waals surface area contributed by atoms with Crippen LogP contribution in [0.15, 0.2) is 108 Å². The molecule has 2 aliphatic heterocycles. The van der Waals surface area contributed by atoms with Crippen LogP contribution in [0.1, 0.15) is 25.0 Å². The molecule has 0 N–H and O–H groups in total. The van der Waals surface area contributed by atoms with E-state index in [1.165, 1.54) is 32.7 Å². The Labute approximate surface area is 331 Å². The van der Waals surface area contributed by atoms with Crippen molar-refractivity contribution in [3.8, 4) is 0 Å². The van der Waals surface area contributed by atoms with Gasteiger partial charge in [0.15, 0.2) is 18.5 Å². The van der Waals surface area contributed by atoms with Crippen molar-refractivity contribution in [2.45, 2.75) is 92.5 Å². The number of carbonyl (C=O) groups excluding carboxylic acids is 2. The quantitative estimate of drug-likeness (QED) is 0.114. The van der Waals surface area contributed by atoms with Crippen LogP contribution in [0.5, 0.6) is 0 Å². The molecule has 0 radical (unpaired) electrons. The summed E-state index contributed by atoms with van der Waals surface area (Å²) in [6.07, 6.45) is -7.95. The molecule has 2 aliphatic rings. The van der Waals surface area contributed by atoms with E-state index >= 15 is 0 Å². The van der Waals surface area contributed by atoms with E-state index in [0.29, 0.717) is 6.61 Å². The fourth-order valence-corrected chi connectivity index (χ4v) is 8.24. The van der Waals surface area contributed by atoms with Gasteiger partial charge in [-0.2, -0.15) is 0 Å². The molecule has 4 aromatic rings. The average Bonchev–Trinajstić information content (AvgIpc) is 3.20. The lowest BCUT2D eigenvalue weighted by Gasteiger charge is -2.49. The second-order valence-electron chi connectivity index (χ2n) is 13.6. The second-order valence-corrected chi connectivity index (χ2v) is 14.7. The summed E-state index contributed by atoms with van der Waals surface area (Å²) in [6, 6.07) is 33.6. The largest absolute Gasteiger partial charge is 0.456 e. The maximum absolute atomic E-state index is 12.8. The first-order valence-electron chi connectivity index (χ1n) is 18.6. The maximum Gasteiger partial charge on any atom is 0.303 e. The molecule has 0 aliphatic carbocycles. The van der Waals surface area contributed by atoms with Crippen LogP contribution >= 0.6 is 11.8 Å². The van der Waals surface area contributed by atoms with Crippen molar-refractivity contribution in [2.24, 2.45) is 0 Å². The zero-order valence-electron chi connectivity index (χ0n) is 32.2. The molecule has 300 valence electrons. The highest BCUT2D eigenvalue weighted by molar-refractivity contribution is 7.99. The molecule has 56 heavy (non-hydrogen) atoms. The number of esters is 2. The molecule has 0 amide bonds. The Morgan fingerprint density at radius 3 is 1.79 bits per heavy atom. The molecular weight excluding hydrogens is 741 g/mol. The number of ether oxygens (including phenoxy) is 10. The normalized spacial score (nSPS) is 27.8. The van der Waals surface area contributed by atoms with Crippen molar-refractivity contribution < 1.29 is 57.0 Å². The van der Waals surface area contributed by atoms with Crippen LogP contribution in [0.25, 0.3) is 10.8 Å². The summed E-state index contributed by atoms with van der Waals surface area (Å²) in [4.78, 5) is 26.4. The van der Waals surface area contributed by atoms with Crippen LogP contribution in [0.3, 0.4) is 0 Å². The molecular formula is C43H50O12S. The average molecular weight is 791 g/mol. The van der Waals surface area contributed by atoms with E-state index < -0.39 is 72.5 Å². The third-order valence-electron chi connectivity index (χ3n) is 9.65. The number of hydrogen-bond donors (Lipinski definition) is 0. The van der Waals surface area contributed by atoms with E-state index in [9.17, 15) is 9.59 Å². The molecule has 6 rings (SSSR count). The van der Waals surface area contributed by atoms with Crippen molar-refractivity contribution in [1.29, 1.82) is 0 Å². The zero-order chi connectivity index (χ0) is 39.4. The first-order chi connectivity index (χ1) is 27.3. The molecule has 0 saturated carbocycles. The highest BCUT2D eigenvalue weighted by atomic mass is 32.2. The molecule has 12 nitrogen and oxygen atoms in total. The molecule has 2 heterocycles. The summed E-state index contributed by atoms with van der Waals surface area (Å²) >= 11 is 1.34. The van der Waals surface area contributed by atoms with Gasteiger partial charge in [-0.15, -0.1) is 0 Å². The van der Waals surface area contributed by atoms with E-state index in [-0.39, 0.29) is 19.8 Å². The highest BCUT2D eigenvalue weighted by Gasteiger charge is 2.55. The molecule has 0 unspecified atom stereocenters. The minimum atomic E-state index is -1.14. The van der Waals surface area contributed by atoms with Gasteiger partial charge < -0.3 is 47.4 Å². The van der Waals surface area contributed by atoms with Gasteiger partial charge in [-0.25, -0.2) is 0 Å². The van der Waals surface area contributed by atoms with Crippen LogP contribution < -0.4 is 0 Å². The van der Waals surface area contributed by atoms with E-state index in [4.69, 9.17) is 47.4 Å². The van der Waals surface area contributed by atoms with Crippen molar-refractivity contribution in [1.82, 2.24) is 0 Å². The van der Waals surface area contributed by atoms with Gasteiger partial charge in [-0.3, -0.25) is 9.59 Å². The second kappa shape index (κ2) is 20.5. The van der Waals surface area contributed by atoms with Crippen LogP contribution in [-0.2, 0) is 70.2 Å². The number of rotatable bonds is 17. The first kappa shape index (κ1) is 41.7. The number of hydrogen-bond acceptors (Lipinski definition) is 13. The van der Waals surface area contributed by atoms with Gasteiger partial charge in [0.25, 0.3) is 0 Å². The predicted molar refractivity (Wildman–Crippen MR) is 208 cm³/mol. The fraction of sp³-hybridized carbons (Fsp3) is 0.442. The molecule has 2 fully saturated rings. The van der Waals surface area contributed by atoms with Crippen LogP contribution in [-0.4, -0.2) is 107 Å². The Balaban J connectivity index is 1.30. The van der Waals surface area contributed by atoms with Gasteiger partial charge >= 0.3 is 11.9 Å². The molecule has 0 spiro atoms. The molecule has 10 atom stereocenters. The third-order valence-corrected chi connectivity index (χ3v) is 10.8. The Hall–Kier alpha value is -3.89. The zero-order valence-corrected chi connectivity index (χ0v) is 33.0. The monoisotopic (exact) mass is 790 g/mol. The van der Waals surface area contributed by atoms with Crippen molar-refractivity contribution in [3.63, 3.8) is 0 Å². The lowest BCUT2D eigenvalue weighted by atomic mass is 9.96. The SMILES string of the molecule is CO[C@@H]1[C@@H](OC)[C@@H](O[C@H]2[C@H](OC(C)=O)[C@@H](OC(C)=O)[C@H](Sc3ccccc3)O[C@@H]2COCc2ccc3ccccc3c2)O[C@H](COCc2ccccc2)[C@H]1OC. The van der Waals surface area contributed by atoms with Crippen LogP contribution in [0, 0.1) is 0 Å². The molecule has 13 heteroatoms. The molecule has 2 saturated heterocycles. The van der Waals surface area contributed by atoms with E-state index in [2.05, 4.69) is 24.3 Å². The van der Waals surface area contributed by atoms with E-state index in [0.717, 1.165) is 26.8 Å². The lowest BCUT2D eigenvalue weighted by Crippen LogP contribution is -2.66. The Morgan fingerprint density at radius 1 is 0.571 bits per heavy atom. The van der Waals surface area contributed by atoms with E-state index in [1.54, 1.807) is 14.2 Å². The van der Waals surface area contributed by atoms with Gasteiger partial charge in [-0.1, -0.05) is 96.7 Å². The minimum absolute atomic E-state index is 0.0241. The topological polar surface area (TPSA) is 126 Å². The standard InChI is InChI=1S/C43H50O12S/c1-27(44)51-39-37(55-42-40(48-5)38(47-4)36(46-3)34(53-42)25-49-23-29-14-8-6-9-15-29)35(26-50-24-30-20-21-31-16-12-13-17-32(31)22-30)54-43(41(39)52-28(2)45)56-33-18-10-7-11-19-33/h6-22,34-43H,23-26H2,1-5H3/t34-,35-,36-,37-,38+,39+,40-,41-,42-,43+/m1/s1. The summed E-state index contributed by atoms with van der Waals surface area (Å²) < 4.78 is 62.3. The minimum Gasteiger partial charge on any atom is -0.456 e. The summed E-state index contributed by atoms with van der Waals surface area (Å²) in [7, 11) is 4.65. The van der Waals surface area contributed by atoms with Gasteiger partial charge in [-0.05, 0) is 40.1 Å². The highest BCUT2D eigenvalue weighted by Crippen LogP contribution is 2.39. The molecule has 0 aromatic heterocycles. The Kier molecular flexibility index (Phi) is 15.3. The summed E-state index contributed by atoms with van der Waals surface area (Å²) in [5, 5.41) is 2.21. The van der Waals surface area contributed by atoms with Gasteiger partial charge in [0, 0.05) is 40.1 Å². The third kappa shape index (κ3) is 10.7. The van der Waals surface area contributed by atoms with Crippen molar-refractivity contribution in [3.05, 3.63) is 114 Å². The smallest absolute Gasteiger partial charge is 0.303 e. The Morgan fingerprint density at radius 2 is 1.14 bits per heavy atom. The number of methoxy groups -OCH3 is 3. The summed E-state index contributed by atoms with van der Waals surface area (Å²) in [5.74, 6) is -1.18. The summed E-state index contributed by atoms with van der Waals surface area (Å²) in [5.41, 5.74) is 1.15. The number of fused-ring (bicyclic) bond motifs is 1. The summed E-state index contributed by atoms with van der Waals surface area (Å²) in [6.45, 7) is 3.37. The number of benzene rings is 4. The van der Waals surface area contributed by atoms with Gasteiger partial charge in [0.1, 0.15) is 42.1 Å². The molecule has 4 aromatic carbocycles. The first-order valence-corrected chi connectivity index (χ1v) is 19.4. The van der Waals surface area contributed by atoms with E-state index in [1.807, 2.05) is 78.9 Å². The predicted octanol–water partition coefficient (Wildman–Crippen LogP) is 6.11. The lowest BCUT2D eigenvalue weighted by molar-refractivity contribution is -0.347. The van der Waals surface area contributed by atoms with Crippen molar-refractivity contribution >= 4 is 34.5 Å². The Bertz CT molecular complexity index is 1830. The number of carbonyl (C=O) groups is 2. The van der Waals surface area contributed by atoms with Gasteiger partial charge in [0.2, 0.25) is 0 Å². The van der Waals surface area contributed by atoms with Crippen LogP contribution in [0.2, 0.25) is 0 Å². The number of thioether (sulfide) groups is 1.